The van der Waals surface area contributed by atoms with Gasteiger partial charge in [0.25, 0.3) is 0 Å². The van der Waals surface area contributed by atoms with Gasteiger partial charge < -0.3 is 5.73 Å². The fraction of sp³-hybridized carbons (Fsp3) is 0.231. The van der Waals surface area contributed by atoms with Gasteiger partial charge in [-0.05, 0) is 58.5 Å². The van der Waals surface area contributed by atoms with E-state index in [2.05, 4.69) is 11.4 Å². The Labute approximate surface area is 97.7 Å². The van der Waals surface area contributed by atoms with Gasteiger partial charge in [0, 0.05) is 0 Å². The maximum Gasteiger partial charge on any atom is 0.123 e. The highest BCUT2D eigenvalue weighted by Gasteiger charge is 2.36. The number of thiophene rings is 1. The molecule has 82 valence electrons. The second-order valence-corrected chi connectivity index (χ2v) is 5.06. The monoisotopic (exact) mass is 233 g/mol. The van der Waals surface area contributed by atoms with E-state index >= 15 is 0 Å². The molecule has 1 heterocycles. The standard InChI is InChI=1S/C13H12FNS/c14-11-1-2-12-9(7-11)3-5-13(12,15)10-4-6-16-8-10/h1-2,4,6-8H,3,5,15H2. The number of fused-ring (bicyclic) bond motifs is 1. The molecule has 0 saturated heterocycles. The molecule has 0 fully saturated rings. The Morgan fingerprint density at radius 1 is 1.31 bits per heavy atom. The zero-order valence-corrected chi connectivity index (χ0v) is 9.56. The van der Waals surface area contributed by atoms with Crippen LogP contribution >= 0.6 is 11.3 Å². The Kier molecular flexibility index (Phi) is 2.13. The average Bonchev–Trinajstić information content (AvgIpc) is 2.87. The largest absolute Gasteiger partial charge is 0.318 e. The molecule has 1 aromatic heterocycles. The lowest BCUT2D eigenvalue weighted by Crippen LogP contribution is -2.34. The SMILES string of the molecule is NC1(c2ccsc2)CCc2cc(F)ccc21. The van der Waals surface area contributed by atoms with Gasteiger partial charge in [0.05, 0.1) is 5.54 Å². The summed E-state index contributed by atoms with van der Waals surface area (Å²) < 4.78 is 13.1. The van der Waals surface area contributed by atoms with Gasteiger partial charge >= 0.3 is 0 Å². The molecule has 0 aliphatic heterocycles. The molecule has 3 rings (SSSR count). The van der Waals surface area contributed by atoms with Crippen molar-refractivity contribution in [3.8, 4) is 0 Å². The molecule has 0 saturated carbocycles. The van der Waals surface area contributed by atoms with Gasteiger partial charge in [-0.15, -0.1) is 0 Å². The van der Waals surface area contributed by atoms with Gasteiger partial charge in [0.1, 0.15) is 5.82 Å². The lowest BCUT2D eigenvalue weighted by atomic mass is 9.87. The van der Waals surface area contributed by atoms with E-state index in [1.807, 2.05) is 11.4 Å². The molecule has 0 amide bonds. The summed E-state index contributed by atoms with van der Waals surface area (Å²) in [5.41, 5.74) is 9.32. The van der Waals surface area contributed by atoms with Crippen LogP contribution in [0.4, 0.5) is 4.39 Å². The van der Waals surface area contributed by atoms with Crippen molar-refractivity contribution in [2.75, 3.05) is 0 Å². The van der Waals surface area contributed by atoms with E-state index in [1.165, 1.54) is 6.07 Å². The number of nitrogens with two attached hydrogens (primary N) is 1. The third-order valence-electron chi connectivity index (χ3n) is 3.37. The van der Waals surface area contributed by atoms with Crippen LogP contribution in [-0.4, -0.2) is 0 Å². The van der Waals surface area contributed by atoms with E-state index < -0.39 is 5.54 Å². The predicted molar refractivity (Wildman–Crippen MR) is 64.0 cm³/mol. The average molecular weight is 233 g/mol. The van der Waals surface area contributed by atoms with Crippen molar-refractivity contribution in [1.82, 2.24) is 0 Å². The van der Waals surface area contributed by atoms with Crippen molar-refractivity contribution < 1.29 is 4.39 Å². The highest BCUT2D eigenvalue weighted by atomic mass is 32.1. The maximum absolute atomic E-state index is 13.1. The Morgan fingerprint density at radius 3 is 2.94 bits per heavy atom. The van der Waals surface area contributed by atoms with E-state index in [-0.39, 0.29) is 5.82 Å². The molecule has 1 aliphatic rings. The van der Waals surface area contributed by atoms with Crippen LogP contribution in [0.25, 0.3) is 0 Å². The van der Waals surface area contributed by atoms with Crippen molar-refractivity contribution in [2.45, 2.75) is 18.4 Å². The van der Waals surface area contributed by atoms with Gasteiger partial charge in [0.15, 0.2) is 0 Å². The third-order valence-corrected chi connectivity index (χ3v) is 4.06. The van der Waals surface area contributed by atoms with Crippen LogP contribution in [0, 0.1) is 5.82 Å². The van der Waals surface area contributed by atoms with Gasteiger partial charge in [-0.25, -0.2) is 4.39 Å². The minimum Gasteiger partial charge on any atom is -0.318 e. The topological polar surface area (TPSA) is 26.0 Å². The quantitative estimate of drug-likeness (QED) is 0.805. The van der Waals surface area contributed by atoms with Crippen molar-refractivity contribution in [1.29, 1.82) is 0 Å². The molecule has 16 heavy (non-hydrogen) atoms. The fourth-order valence-corrected chi connectivity index (χ4v) is 3.23. The molecule has 0 radical (unpaired) electrons. The second kappa shape index (κ2) is 3.40. The first-order valence-corrected chi connectivity index (χ1v) is 6.25. The summed E-state index contributed by atoms with van der Waals surface area (Å²) in [6, 6.07) is 6.99. The molecule has 1 nitrogen and oxygen atoms in total. The summed E-state index contributed by atoms with van der Waals surface area (Å²) in [6.45, 7) is 0. The Morgan fingerprint density at radius 2 is 2.19 bits per heavy atom. The molecule has 0 bridgehead atoms. The van der Waals surface area contributed by atoms with E-state index in [9.17, 15) is 4.39 Å². The third kappa shape index (κ3) is 1.32. The maximum atomic E-state index is 13.1. The smallest absolute Gasteiger partial charge is 0.123 e. The highest BCUT2D eigenvalue weighted by Crippen LogP contribution is 2.40. The summed E-state index contributed by atoms with van der Waals surface area (Å²) in [7, 11) is 0. The van der Waals surface area contributed by atoms with Crippen molar-refractivity contribution in [3.63, 3.8) is 0 Å². The Hall–Kier alpha value is -1.19. The van der Waals surface area contributed by atoms with E-state index in [4.69, 9.17) is 5.73 Å². The zero-order chi connectivity index (χ0) is 11.2. The number of rotatable bonds is 1. The first kappa shape index (κ1) is 10.00. The highest BCUT2D eigenvalue weighted by molar-refractivity contribution is 7.08. The molecule has 1 unspecified atom stereocenters. The number of hydrogen-bond donors (Lipinski definition) is 1. The summed E-state index contributed by atoms with van der Waals surface area (Å²) in [5.74, 6) is -0.173. The molecule has 2 aromatic rings. The normalized spacial score (nSPS) is 23.4. The van der Waals surface area contributed by atoms with Crippen LogP contribution in [0.3, 0.4) is 0 Å². The van der Waals surface area contributed by atoms with Crippen LogP contribution in [0.15, 0.2) is 35.0 Å². The van der Waals surface area contributed by atoms with Crippen LogP contribution in [0.1, 0.15) is 23.1 Å². The van der Waals surface area contributed by atoms with E-state index in [0.717, 1.165) is 29.5 Å². The van der Waals surface area contributed by atoms with Crippen LogP contribution < -0.4 is 5.73 Å². The van der Waals surface area contributed by atoms with E-state index in [1.54, 1.807) is 17.4 Å². The Bertz CT molecular complexity index is 521. The number of hydrogen-bond acceptors (Lipinski definition) is 2. The summed E-state index contributed by atoms with van der Waals surface area (Å²) >= 11 is 1.65. The first-order valence-electron chi connectivity index (χ1n) is 5.30. The molecule has 1 aromatic carbocycles. The predicted octanol–water partition coefficient (Wildman–Crippen LogP) is 3.04. The van der Waals surface area contributed by atoms with Gasteiger partial charge in [0.2, 0.25) is 0 Å². The zero-order valence-electron chi connectivity index (χ0n) is 8.74. The van der Waals surface area contributed by atoms with Crippen molar-refractivity contribution in [2.24, 2.45) is 5.73 Å². The molecule has 0 spiro atoms. The molecule has 2 N–H and O–H groups in total. The molecular formula is C13H12FNS. The summed E-state index contributed by atoms with van der Waals surface area (Å²) in [6.07, 6.45) is 1.72. The van der Waals surface area contributed by atoms with Crippen LogP contribution in [0.5, 0.6) is 0 Å². The number of benzene rings is 1. The molecular weight excluding hydrogens is 221 g/mol. The molecule has 3 heteroatoms. The van der Waals surface area contributed by atoms with Gasteiger partial charge in [-0.2, -0.15) is 11.3 Å². The number of halogens is 1. The second-order valence-electron chi connectivity index (χ2n) is 4.28. The van der Waals surface area contributed by atoms with Gasteiger partial charge in [-0.1, -0.05) is 6.07 Å². The van der Waals surface area contributed by atoms with E-state index in [0.29, 0.717) is 0 Å². The summed E-state index contributed by atoms with van der Waals surface area (Å²) in [5, 5.41) is 4.11. The summed E-state index contributed by atoms with van der Waals surface area (Å²) in [4.78, 5) is 0. The minimum absolute atomic E-state index is 0.173. The number of aryl methyl sites for hydroxylation is 1. The Balaban J connectivity index is 2.15. The fourth-order valence-electron chi connectivity index (χ4n) is 2.49. The van der Waals surface area contributed by atoms with Crippen LogP contribution in [-0.2, 0) is 12.0 Å². The lowest BCUT2D eigenvalue weighted by molar-refractivity contribution is 0.536. The minimum atomic E-state index is -0.414. The van der Waals surface area contributed by atoms with Crippen molar-refractivity contribution in [3.05, 3.63) is 57.5 Å². The molecule has 1 atom stereocenters. The lowest BCUT2D eigenvalue weighted by Gasteiger charge is -2.24. The molecule has 1 aliphatic carbocycles. The van der Waals surface area contributed by atoms with Gasteiger partial charge in [-0.3, -0.25) is 0 Å². The van der Waals surface area contributed by atoms with Crippen molar-refractivity contribution >= 4 is 11.3 Å². The first-order chi connectivity index (χ1) is 7.70. The van der Waals surface area contributed by atoms with Crippen LogP contribution in [0.2, 0.25) is 0 Å².